The van der Waals surface area contributed by atoms with Crippen LogP contribution in [0, 0.1) is 13.8 Å². The molecule has 0 bridgehead atoms. The van der Waals surface area contributed by atoms with Gasteiger partial charge in [0, 0.05) is 22.7 Å². The third kappa shape index (κ3) is 5.45. The van der Waals surface area contributed by atoms with Gasteiger partial charge >= 0.3 is 0 Å². The second kappa shape index (κ2) is 7.85. The van der Waals surface area contributed by atoms with Crippen LogP contribution in [0.2, 0.25) is 0 Å². The fourth-order valence-electron chi connectivity index (χ4n) is 2.09. The van der Waals surface area contributed by atoms with Crippen LogP contribution in [0.5, 0.6) is 0 Å². The predicted octanol–water partition coefficient (Wildman–Crippen LogP) is 4.56. The number of hydrogen-bond donors (Lipinski definition) is 1. The molecule has 1 aromatic rings. The molecule has 2 atom stereocenters. The van der Waals surface area contributed by atoms with Gasteiger partial charge in [0.05, 0.1) is 0 Å². The van der Waals surface area contributed by atoms with Gasteiger partial charge in [-0.1, -0.05) is 38.0 Å². The lowest BCUT2D eigenvalue weighted by atomic mass is 10.2. The van der Waals surface area contributed by atoms with Crippen molar-refractivity contribution in [2.45, 2.75) is 63.6 Å². The first-order valence-corrected chi connectivity index (χ1v) is 7.88. The zero-order valence-electron chi connectivity index (χ0n) is 12.4. The molecule has 2 unspecified atom stereocenters. The highest BCUT2D eigenvalue weighted by Crippen LogP contribution is 2.26. The topological polar surface area (TPSA) is 12.0 Å². The van der Waals surface area contributed by atoms with Crippen molar-refractivity contribution in [2.75, 3.05) is 6.54 Å². The molecule has 0 fully saturated rings. The number of benzene rings is 1. The molecule has 1 nitrogen and oxygen atoms in total. The summed E-state index contributed by atoms with van der Waals surface area (Å²) < 4.78 is 0. The van der Waals surface area contributed by atoms with E-state index in [9.17, 15) is 0 Å². The molecule has 102 valence electrons. The minimum atomic E-state index is 0.616. The highest BCUT2D eigenvalue weighted by molar-refractivity contribution is 8.00. The number of hydrogen-bond acceptors (Lipinski definition) is 2. The van der Waals surface area contributed by atoms with Gasteiger partial charge in [0.15, 0.2) is 0 Å². The molecular formula is C16H27NS. The summed E-state index contributed by atoms with van der Waals surface area (Å²) in [7, 11) is 0. The summed E-state index contributed by atoms with van der Waals surface area (Å²) in [6, 6.07) is 7.36. The van der Waals surface area contributed by atoms with E-state index in [2.05, 4.69) is 58.1 Å². The molecule has 0 aliphatic carbocycles. The van der Waals surface area contributed by atoms with Crippen LogP contribution in [0.15, 0.2) is 23.1 Å². The summed E-state index contributed by atoms with van der Waals surface area (Å²) in [5, 5.41) is 4.23. The molecule has 0 saturated carbocycles. The Balaban J connectivity index is 2.42. The van der Waals surface area contributed by atoms with Gasteiger partial charge < -0.3 is 5.32 Å². The Morgan fingerprint density at radius 3 is 2.56 bits per heavy atom. The second-order valence-electron chi connectivity index (χ2n) is 5.30. The van der Waals surface area contributed by atoms with Gasteiger partial charge in [-0.25, -0.2) is 0 Å². The van der Waals surface area contributed by atoms with Crippen molar-refractivity contribution < 1.29 is 0 Å². The summed E-state index contributed by atoms with van der Waals surface area (Å²) in [6.07, 6.45) is 2.52. The van der Waals surface area contributed by atoms with Crippen LogP contribution in [0.4, 0.5) is 0 Å². The van der Waals surface area contributed by atoms with E-state index in [-0.39, 0.29) is 0 Å². The van der Waals surface area contributed by atoms with Crippen molar-refractivity contribution in [3.05, 3.63) is 29.3 Å². The van der Waals surface area contributed by atoms with Gasteiger partial charge in [-0.15, -0.1) is 11.8 Å². The summed E-state index contributed by atoms with van der Waals surface area (Å²) in [4.78, 5) is 1.41. The van der Waals surface area contributed by atoms with Crippen LogP contribution in [0.3, 0.4) is 0 Å². The van der Waals surface area contributed by atoms with Crippen molar-refractivity contribution in [1.82, 2.24) is 5.32 Å². The maximum atomic E-state index is 3.61. The Kier molecular flexibility index (Phi) is 6.80. The van der Waals surface area contributed by atoms with Crippen LogP contribution >= 0.6 is 11.8 Å². The fourth-order valence-corrected chi connectivity index (χ4v) is 3.10. The van der Waals surface area contributed by atoms with Gasteiger partial charge in [-0.3, -0.25) is 0 Å². The Hall–Kier alpha value is -0.470. The molecular weight excluding hydrogens is 238 g/mol. The predicted molar refractivity (Wildman–Crippen MR) is 83.6 cm³/mol. The Morgan fingerprint density at radius 2 is 1.94 bits per heavy atom. The van der Waals surface area contributed by atoms with E-state index >= 15 is 0 Å². The van der Waals surface area contributed by atoms with Gasteiger partial charge in [0.2, 0.25) is 0 Å². The van der Waals surface area contributed by atoms with Crippen LogP contribution in [-0.4, -0.2) is 17.8 Å². The molecule has 0 saturated heterocycles. The van der Waals surface area contributed by atoms with Gasteiger partial charge in [0.25, 0.3) is 0 Å². The Morgan fingerprint density at radius 1 is 1.22 bits per heavy atom. The van der Waals surface area contributed by atoms with Crippen molar-refractivity contribution in [2.24, 2.45) is 0 Å². The maximum Gasteiger partial charge on any atom is 0.0191 e. The van der Waals surface area contributed by atoms with E-state index in [4.69, 9.17) is 0 Å². The summed E-state index contributed by atoms with van der Waals surface area (Å²) in [5.74, 6) is 0. The van der Waals surface area contributed by atoms with Crippen molar-refractivity contribution >= 4 is 11.8 Å². The first-order chi connectivity index (χ1) is 8.52. The molecule has 0 aliphatic heterocycles. The maximum absolute atomic E-state index is 3.61. The van der Waals surface area contributed by atoms with Crippen LogP contribution in [0.25, 0.3) is 0 Å². The van der Waals surface area contributed by atoms with Crippen LogP contribution in [-0.2, 0) is 0 Å². The zero-order chi connectivity index (χ0) is 13.5. The average Bonchev–Trinajstić information content (AvgIpc) is 2.31. The zero-order valence-corrected chi connectivity index (χ0v) is 13.2. The molecule has 0 aromatic heterocycles. The standard InChI is InChI=1S/C16H27NS/c1-6-7-14(4)17-11-15(5)18-16-9-8-12(2)10-13(16)3/h8-10,14-15,17H,6-7,11H2,1-5H3. The molecule has 2 heteroatoms. The monoisotopic (exact) mass is 265 g/mol. The van der Waals surface area contributed by atoms with E-state index in [0.717, 1.165) is 6.54 Å². The Labute approximate surface area is 117 Å². The lowest BCUT2D eigenvalue weighted by Gasteiger charge is -2.18. The lowest BCUT2D eigenvalue weighted by Crippen LogP contribution is -2.31. The molecule has 18 heavy (non-hydrogen) atoms. The lowest BCUT2D eigenvalue weighted by molar-refractivity contribution is 0.511. The average molecular weight is 265 g/mol. The van der Waals surface area contributed by atoms with Gasteiger partial charge in [-0.2, -0.15) is 0 Å². The quantitative estimate of drug-likeness (QED) is 0.725. The van der Waals surface area contributed by atoms with Gasteiger partial charge in [-0.05, 0) is 38.8 Å². The molecule has 0 heterocycles. The number of rotatable bonds is 7. The molecule has 1 rings (SSSR count). The van der Waals surface area contributed by atoms with E-state index in [1.807, 2.05) is 11.8 Å². The molecule has 0 aliphatic rings. The van der Waals surface area contributed by atoms with Gasteiger partial charge in [0.1, 0.15) is 0 Å². The van der Waals surface area contributed by atoms with Crippen molar-refractivity contribution in [1.29, 1.82) is 0 Å². The fraction of sp³-hybridized carbons (Fsp3) is 0.625. The van der Waals surface area contributed by atoms with Crippen LogP contribution in [0.1, 0.15) is 44.7 Å². The highest BCUT2D eigenvalue weighted by Gasteiger charge is 2.08. The molecule has 0 amide bonds. The number of nitrogens with one attached hydrogen (secondary N) is 1. The van der Waals surface area contributed by atoms with E-state index < -0.39 is 0 Å². The number of aryl methyl sites for hydroxylation is 2. The Bertz CT molecular complexity index is 362. The summed E-state index contributed by atoms with van der Waals surface area (Å²) in [5.41, 5.74) is 2.74. The molecule has 0 radical (unpaired) electrons. The van der Waals surface area contributed by atoms with E-state index in [1.165, 1.54) is 28.9 Å². The van der Waals surface area contributed by atoms with Crippen molar-refractivity contribution in [3.8, 4) is 0 Å². The van der Waals surface area contributed by atoms with E-state index in [0.29, 0.717) is 11.3 Å². The number of thioether (sulfide) groups is 1. The summed E-state index contributed by atoms with van der Waals surface area (Å²) >= 11 is 1.98. The van der Waals surface area contributed by atoms with Crippen molar-refractivity contribution in [3.63, 3.8) is 0 Å². The highest BCUT2D eigenvalue weighted by atomic mass is 32.2. The summed E-state index contributed by atoms with van der Waals surface area (Å²) in [6.45, 7) is 12.3. The first kappa shape index (κ1) is 15.6. The third-order valence-electron chi connectivity index (χ3n) is 3.13. The third-order valence-corrected chi connectivity index (χ3v) is 4.42. The molecule has 1 N–H and O–H groups in total. The second-order valence-corrected chi connectivity index (χ2v) is 6.78. The minimum Gasteiger partial charge on any atom is -0.313 e. The first-order valence-electron chi connectivity index (χ1n) is 7.00. The smallest absolute Gasteiger partial charge is 0.0191 e. The normalized spacial score (nSPS) is 14.5. The molecule has 0 spiro atoms. The SMILES string of the molecule is CCCC(C)NCC(C)Sc1ccc(C)cc1C. The largest absolute Gasteiger partial charge is 0.313 e. The molecule has 1 aromatic carbocycles. The van der Waals surface area contributed by atoms with E-state index in [1.54, 1.807) is 0 Å². The van der Waals surface area contributed by atoms with Crippen LogP contribution < -0.4 is 5.32 Å². The minimum absolute atomic E-state index is 0.616.